The van der Waals surface area contributed by atoms with Crippen LogP contribution in [0.2, 0.25) is 10.0 Å². The van der Waals surface area contributed by atoms with Crippen molar-refractivity contribution in [2.75, 3.05) is 12.4 Å². The molecule has 0 bridgehead atoms. The Labute approximate surface area is 156 Å². The van der Waals surface area contributed by atoms with Crippen LogP contribution < -0.4 is 14.8 Å². The van der Waals surface area contributed by atoms with E-state index < -0.39 is 22.0 Å². The van der Waals surface area contributed by atoms with Gasteiger partial charge in [0, 0.05) is 16.8 Å². The fourth-order valence-electron chi connectivity index (χ4n) is 1.98. The van der Waals surface area contributed by atoms with Gasteiger partial charge >= 0.3 is 0 Å². The zero-order valence-electron chi connectivity index (χ0n) is 13.4. The maximum Gasteiger partial charge on any atom is 0.242 e. The van der Waals surface area contributed by atoms with Gasteiger partial charge in [0.05, 0.1) is 18.2 Å². The van der Waals surface area contributed by atoms with Gasteiger partial charge in [0.25, 0.3) is 0 Å². The van der Waals surface area contributed by atoms with Gasteiger partial charge in [-0.05, 0) is 37.3 Å². The fraction of sp³-hybridized carbons (Fsp3) is 0.188. The minimum atomic E-state index is -4.01. The van der Waals surface area contributed by atoms with Gasteiger partial charge in [-0.2, -0.15) is 4.72 Å². The van der Waals surface area contributed by atoms with E-state index in [1.165, 1.54) is 32.2 Å². The number of hydrogen-bond acceptors (Lipinski definition) is 4. The first kappa shape index (κ1) is 19.5. The number of carbonyl (C=O) groups excluding carboxylic acids is 1. The summed E-state index contributed by atoms with van der Waals surface area (Å²) in [6.07, 6.45) is 0. The number of halogens is 2. The molecule has 6 nitrogen and oxygen atoms in total. The van der Waals surface area contributed by atoms with E-state index in [1.807, 2.05) is 0 Å². The van der Waals surface area contributed by atoms with Gasteiger partial charge in [0.15, 0.2) is 0 Å². The molecule has 0 radical (unpaired) electrons. The van der Waals surface area contributed by atoms with E-state index in [2.05, 4.69) is 10.0 Å². The molecule has 0 saturated carbocycles. The van der Waals surface area contributed by atoms with Crippen LogP contribution in [0.5, 0.6) is 5.75 Å². The summed E-state index contributed by atoms with van der Waals surface area (Å²) in [5.74, 6) is 0.0340. The molecule has 0 unspecified atom stereocenters. The van der Waals surface area contributed by atoms with Gasteiger partial charge in [-0.15, -0.1) is 0 Å². The van der Waals surface area contributed by atoms with Crippen molar-refractivity contribution >= 4 is 44.8 Å². The number of hydrogen-bond donors (Lipinski definition) is 2. The van der Waals surface area contributed by atoms with Crippen molar-refractivity contribution in [1.29, 1.82) is 0 Å². The minimum absolute atomic E-state index is 0.0114. The molecule has 0 heterocycles. The maximum absolute atomic E-state index is 12.4. The standard InChI is InChI=1S/C16H16Cl2N2O4S/c1-10(16(21)19-12-4-3-5-13(9-12)24-2)20-25(22,23)15-8-11(17)6-7-14(15)18/h3-10,20H,1-2H3,(H,19,21)/t10-/m1/s1. The summed E-state index contributed by atoms with van der Waals surface area (Å²) in [6.45, 7) is 1.42. The summed E-state index contributed by atoms with van der Waals surface area (Å²) < 4.78 is 32.2. The zero-order chi connectivity index (χ0) is 18.6. The average Bonchev–Trinajstić information content (AvgIpc) is 2.56. The SMILES string of the molecule is COc1cccc(NC(=O)[C@@H](C)NS(=O)(=O)c2cc(Cl)ccc2Cl)c1. The molecule has 2 rings (SSSR count). The van der Waals surface area contributed by atoms with Crippen molar-refractivity contribution in [3.8, 4) is 5.75 Å². The predicted octanol–water partition coefficient (Wildman–Crippen LogP) is 3.31. The largest absolute Gasteiger partial charge is 0.497 e. The molecule has 2 aromatic rings. The second kappa shape index (κ2) is 8.05. The molecule has 9 heteroatoms. The van der Waals surface area contributed by atoms with Crippen molar-refractivity contribution in [2.45, 2.75) is 17.9 Å². The lowest BCUT2D eigenvalue weighted by molar-refractivity contribution is -0.117. The van der Waals surface area contributed by atoms with Crippen molar-refractivity contribution in [1.82, 2.24) is 4.72 Å². The molecule has 0 aliphatic carbocycles. The minimum Gasteiger partial charge on any atom is -0.497 e. The Balaban J connectivity index is 2.13. The van der Waals surface area contributed by atoms with Gasteiger partial charge < -0.3 is 10.1 Å². The highest BCUT2D eigenvalue weighted by Crippen LogP contribution is 2.25. The number of anilines is 1. The van der Waals surface area contributed by atoms with Crippen LogP contribution in [0, 0.1) is 0 Å². The molecule has 0 fully saturated rings. The summed E-state index contributed by atoms with van der Waals surface area (Å²) in [5, 5.41) is 2.84. The number of nitrogens with one attached hydrogen (secondary N) is 2. The van der Waals surface area contributed by atoms with E-state index in [-0.39, 0.29) is 14.9 Å². The first-order valence-corrected chi connectivity index (χ1v) is 9.39. The lowest BCUT2D eigenvalue weighted by Crippen LogP contribution is -2.41. The summed E-state index contributed by atoms with van der Waals surface area (Å²) in [6, 6.07) is 9.74. The molecule has 2 N–H and O–H groups in total. The summed E-state index contributed by atoms with van der Waals surface area (Å²) >= 11 is 11.7. The Morgan fingerprint density at radius 1 is 1.16 bits per heavy atom. The lowest BCUT2D eigenvalue weighted by atomic mass is 10.2. The third-order valence-electron chi connectivity index (χ3n) is 3.25. The molecule has 0 aliphatic heterocycles. The first-order chi connectivity index (χ1) is 11.7. The van der Waals surface area contributed by atoms with Crippen LogP contribution in [0.15, 0.2) is 47.4 Å². The van der Waals surface area contributed by atoms with Crippen molar-refractivity contribution in [3.05, 3.63) is 52.5 Å². The maximum atomic E-state index is 12.4. The topological polar surface area (TPSA) is 84.5 Å². The molecular formula is C16H16Cl2N2O4S. The first-order valence-electron chi connectivity index (χ1n) is 7.15. The van der Waals surface area contributed by atoms with Crippen LogP contribution in [0.4, 0.5) is 5.69 Å². The van der Waals surface area contributed by atoms with Gasteiger partial charge in [-0.3, -0.25) is 4.79 Å². The molecular weight excluding hydrogens is 387 g/mol. The highest BCUT2D eigenvalue weighted by molar-refractivity contribution is 7.89. The Hall–Kier alpha value is -1.80. The summed E-state index contributed by atoms with van der Waals surface area (Å²) in [4.78, 5) is 12.0. The third kappa shape index (κ3) is 5.09. The fourth-order valence-corrected chi connectivity index (χ4v) is 3.95. The number of sulfonamides is 1. The Morgan fingerprint density at radius 2 is 1.88 bits per heavy atom. The highest BCUT2D eigenvalue weighted by Gasteiger charge is 2.24. The van der Waals surface area contributed by atoms with E-state index in [1.54, 1.807) is 24.3 Å². The van der Waals surface area contributed by atoms with Crippen molar-refractivity contribution in [2.24, 2.45) is 0 Å². The predicted molar refractivity (Wildman–Crippen MR) is 97.9 cm³/mol. The summed E-state index contributed by atoms with van der Waals surface area (Å²) in [7, 11) is -2.51. The van der Waals surface area contributed by atoms with Crippen LogP contribution >= 0.6 is 23.2 Å². The van der Waals surface area contributed by atoms with Gasteiger partial charge in [-0.1, -0.05) is 29.3 Å². The Bertz CT molecular complexity index is 887. The smallest absolute Gasteiger partial charge is 0.242 e. The molecule has 0 aliphatic rings. The molecule has 25 heavy (non-hydrogen) atoms. The number of benzene rings is 2. The quantitative estimate of drug-likeness (QED) is 0.775. The Kier molecular flexibility index (Phi) is 6.29. The number of rotatable bonds is 6. The van der Waals surface area contributed by atoms with Crippen LogP contribution in [0.25, 0.3) is 0 Å². The average molecular weight is 403 g/mol. The number of methoxy groups -OCH3 is 1. The molecule has 0 saturated heterocycles. The van der Waals surface area contributed by atoms with Crippen molar-refractivity contribution in [3.63, 3.8) is 0 Å². The molecule has 1 atom stereocenters. The second-order valence-corrected chi connectivity index (χ2v) is 7.66. The Morgan fingerprint density at radius 3 is 2.56 bits per heavy atom. The van der Waals surface area contributed by atoms with Gasteiger partial charge in [0.2, 0.25) is 15.9 Å². The van der Waals surface area contributed by atoms with Crippen LogP contribution in [-0.2, 0) is 14.8 Å². The molecule has 0 aromatic heterocycles. The third-order valence-corrected chi connectivity index (χ3v) is 5.50. The highest BCUT2D eigenvalue weighted by atomic mass is 35.5. The normalized spacial score (nSPS) is 12.5. The van der Waals surface area contributed by atoms with E-state index in [0.717, 1.165) is 0 Å². The van der Waals surface area contributed by atoms with E-state index in [0.29, 0.717) is 11.4 Å². The monoisotopic (exact) mass is 402 g/mol. The van der Waals surface area contributed by atoms with Gasteiger partial charge in [0.1, 0.15) is 10.6 Å². The number of carbonyl (C=O) groups is 1. The van der Waals surface area contributed by atoms with Crippen LogP contribution in [-0.4, -0.2) is 27.5 Å². The second-order valence-electron chi connectivity index (χ2n) is 5.14. The molecule has 2 aromatic carbocycles. The number of ether oxygens (including phenoxy) is 1. The van der Waals surface area contributed by atoms with E-state index in [9.17, 15) is 13.2 Å². The van der Waals surface area contributed by atoms with E-state index >= 15 is 0 Å². The summed E-state index contributed by atoms with van der Waals surface area (Å²) in [5.41, 5.74) is 0.483. The lowest BCUT2D eigenvalue weighted by Gasteiger charge is -2.15. The number of amides is 1. The van der Waals surface area contributed by atoms with Crippen molar-refractivity contribution < 1.29 is 17.9 Å². The van der Waals surface area contributed by atoms with Crippen LogP contribution in [0.3, 0.4) is 0 Å². The van der Waals surface area contributed by atoms with E-state index in [4.69, 9.17) is 27.9 Å². The molecule has 134 valence electrons. The molecule has 0 spiro atoms. The zero-order valence-corrected chi connectivity index (χ0v) is 15.7. The van der Waals surface area contributed by atoms with Crippen LogP contribution in [0.1, 0.15) is 6.92 Å². The van der Waals surface area contributed by atoms with Gasteiger partial charge in [-0.25, -0.2) is 8.42 Å². The molecule has 1 amide bonds.